The normalized spacial score (nSPS) is 14.6. The van der Waals surface area contributed by atoms with Crippen molar-refractivity contribution in [2.75, 3.05) is 11.9 Å². The summed E-state index contributed by atoms with van der Waals surface area (Å²) in [6, 6.07) is 28.7. The summed E-state index contributed by atoms with van der Waals surface area (Å²) in [5.74, 6) is 0. The molecule has 0 aliphatic heterocycles. The molecule has 1 atom stereocenters. The summed E-state index contributed by atoms with van der Waals surface area (Å²) in [4.78, 5) is 0. The number of rotatable bonds is 9. The second kappa shape index (κ2) is 12.4. The fourth-order valence-electron chi connectivity index (χ4n) is 7.74. The minimum atomic E-state index is -0.457. The predicted molar refractivity (Wildman–Crippen MR) is 196 cm³/mol. The Labute approximate surface area is 273 Å². The van der Waals surface area contributed by atoms with E-state index in [1.807, 2.05) is 0 Å². The van der Waals surface area contributed by atoms with Crippen LogP contribution in [0.4, 0.5) is 5.69 Å². The zero-order valence-electron chi connectivity index (χ0n) is 29.6. The van der Waals surface area contributed by atoms with Crippen molar-refractivity contribution in [3.05, 3.63) is 123 Å². The molecule has 0 heterocycles. The van der Waals surface area contributed by atoms with Crippen molar-refractivity contribution in [2.24, 2.45) is 5.73 Å². The van der Waals surface area contributed by atoms with Gasteiger partial charge in [-0.2, -0.15) is 0 Å². The van der Waals surface area contributed by atoms with E-state index in [1.54, 1.807) is 0 Å². The average molecular weight is 601 g/mol. The number of anilines is 1. The first-order chi connectivity index (χ1) is 21.2. The van der Waals surface area contributed by atoms with Gasteiger partial charge in [-0.05, 0) is 111 Å². The van der Waals surface area contributed by atoms with Gasteiger partial charge in [0.2, 0.25) is 0 Å². The van der Waals surface area contributed by atoms with Crippen molar-refractivity contribution in [2.45, 2.75) is 117 Å². The Hall–Kier alpha value is -3.36. The van der Waals surface area contributed by atoms with E-state index >= 15 is 0 Å². The van der Waals surface area contributed by atoms with E-state index in [-0.39, 0.29) is 16.9 Å². The first-order valence-corrected chi connectivity index (χ1v) is 17.3. The van der Waals surface area contributed by atoms with Gasteiger partial charge in [0.15, 0.2) is 0 Å². The number of hydrogen-bond acceptors (Lipinski definition) is 2. The van der Waals surface area contributed by atoms with Gasteiger partial charge >= 0.3 is 0 Å². The lowest BCUT2D eigenvalue weighted by Crippen LogP contribution is -2.30. The molecule has 0 fully saturated rings. The summed E-state index contributed by atoms with van der Waals surface area (Å²) in [6.07, 6.45) is 4.43. The molecule has 0 bridgehead atoms. The molecule has 1 aliphatic carbocycles. The lowest BCUT2D eigenvalue weighted by atomic mass is 9.65. The van der Waals surface area contributed by atoms with Gasteiger partial charge in [-0.15, -0.1) is 0 Å². The predicted octanol–water partition coefficient (Wildman–Crippen LogP) is 11.3. The molecule has 1 unspecified atom stereocenters. The maximum atomic E-state index is 6.63. The molecule has 2 heteroatoms. The number of nitrogens with two attached hydrogens (primary N) is 1. The monoisotopic (exact) mass is 600 g/mol. The quantitative estimate of drug-likeness (QED) is 0.165. The van der Waals surface area contributed by atoms with Crippen LogP contribution in [0.5, 0.6) is 0 Å². The van der Waals surface area contributed by atoms with Gasteiger partial charge in [0.05, 0.1) is 5.41 Å². The molecule has 4 aromatic carbocycles. The van der Waals surface area contributed by atoms with Crippen LogP contribution in [-0.4, -0.2) is 6.54 Å². The van der Waals surface area contributed by atoms with E-state index in [0.717, 1.165) is 19.4 Å². The van der Waals surface area contributed by atoms with Gasteiger partial charge in [-0.3, -0.25) is 0 Å². The first-order valence-electron chi connectivity index (χ1n) is 17.3. The molecule has 1 aliphatic rings. The van der Waals surface area contributed by atoms with Crippen molar-refractivity contribution >= 4 is 5.69 Å². The molecule has 0 radical (unpaired) electrons. The van der Waals surface area contributed by atoms with Gasteiger partial charge in [-0.1, -0.05) is 129 Å². The van der Waals surface area contributed by atoms with E-state index in [0.29, 0.717) is 0 Å². The van der Waals surface area contributed by atoms with Crippen LogP contribution < -0.4 is 11.1 Å². The van der Waals surface area contributed by atoms with Crippen molar-refractivity contribution in [1.29, 1.82) is 0 Å². The zero-order chi connectivity index (χ0) is 32.7. The Kier molecular flexibility index (Phi) is 9.13. The van der Waals surface area contributed by atoms with Gasteiger partial charge in [0, 0.05) is 18.3 Å². The minimum absolute atomic E-state index is 0.0238. The molecule has 4 aromatic rings. The molecule has 45 heavy (non-hydrogen) atoms. The molecule has 0 aromatic heterocycles. The highest BCUT2D eigenvalue weighted by atomic mass is 14.9. The molecule has 0 saturated heterocycles. The van der Waals surface area contributed by atoms with Crippen LogP contribution in [0, 0.1) is 13.8 Å². The summed E-state index contributed by atoms with van der Waals surface area (Å²) in [6.45, 7) is 24.1. The highest BCUT2D eigenvalue weighted by Gasteiger charge is 2.47. The Bertz CT molecular complexity index is 1570. The highest BCUT2D eigenvalue weighted by Crippen LogP contribution is 2.58. The molecule has 3 N–H and O–H groups in total. The third kappa shape index (κ3) is 5.99. The number of benzene rings is 4. The fraction of sp³-hybridized carbons (Fsp3) is 0.442. The molecule has 238 valence electrons. The third-order valence-electron chi connectivity index (χ3n) is 9.99. The lowest BCUT2D eigenvalue weighted by Gasteiger charge is -2.36. The first kappa shape index (κ1) is 33.0. The van der Waals surface area contributed by atoms with Crippen LogP contribution in [0.2, 0.25) is 0 Å². The van der Waals surface area contributed by atoms with E-state index in [9.17, 15) is 0 Å². The fourth-order valence-corrected chi connectivity index (χ4v) is 7.74. The van der Waals surface area contributed by atoms with Gasteiger partial charge < -0.3 is 11.1 Å². The van der Waals surface area contributed by atoms with Crippen LogP contribution in [-0.2, 0) is 16.2 Å². The Morgan fingerprint density at radius 3 is 1.56 bits per heavy atom. The van der Waals surface area contributed by atoms with Crippen LogP contribution >= 0.6 is 0 Å². The Morgan fingerprint density at radius 1 is 0.667 bits per heavy atom. The minimum Gasteiger partial charge on any atom is -0.385 e. The number of aryl methyl sites for hydroxylation is 2. The summed E-state index contributed by atoms with van der Waals surface area (Å²) in [5, 5.41) is 3.64. The second-order valence-corrected chi connectivity index (χ2v) is 15.6. The van der Waals surface area contributed by atoms with Crippen molar-refractivity contribution in [3.63, 3.8) is 0 Å². The smallest absolute Gasteiger partial charge is 0.0713 e. The second-order valence-electron chi connectivity index (χ2n) is 15.6. The molecular formula is C43H56N2. The molecule has 0 spiro atoms. The molecule has 5 rings (SSSR count). The lowest BCUT2D eigenvalue weighted by molar-refractivity contribution is 0.582. The zero-order valence-corrected chi connectivity index (χ0v) is 29.6. The number of fused-ring (bicyclic) bond motifs is 3. The SMILES string of the molecule is CCCCNc1ccc(C2(c3ccc(C(N)CCC)cc3)c3cc(C(C)(C)C)c(C)cc3-c3cc(C)c(C(C)(C)C)cc32)cc1. The van der Waals surface area contributed by atoms with E-state index in [2.05, 4.69) is 147 Å². The molecule has 2 nitrogen and oxygen atoms in total. The maximum absolute atomic E-state index is 6.63. The van der Waals surface area contributed by atoms with E-state index in [4.69, 9.17) is 5.73 Å². The van der Waals surface area contributed by atoms with Crippen molar-refractivity contribution < 1.29 is 0 Å². The number of hydrogen-bond donors (Lipinski definition) is 2. The third-order valence-corrected chi connectivity index (χ3v) is 9.99. The van der Waals surface area contributed by atoms with Crippen LogP contribution in [0.1, 0.15) is 137 Å². The van der Waals surface area contributed by atoms with Crippen LogP contribution in [0.25, 0.3) is 11.1 Å². The molecular weight excluding hydrogens is 544 g/mol. The van der Waals surface area contributed by atoms with E-state index in [1.165, 1.54) is 79.7 Å². The van der Waals surface area contributed by atoms with Crippen LogP contribution in [0.3, 0.4) is 0 Å². The molecule has 0 saturated carbocycles. The van der Waals surface area contributed by atoms with Crippen molar-refractivity contribution in [1.82, 2.24) is 0 Å². The Morgan fingerprint density at radius 2 is 1.13 bits per heavy atom. The standard InChI is InChI=1S/C43H56N2/c1-11-13-23-45-33-21-19-32(20-22-33)43(31-17-15-30(16-18-31)40(44)14-12-2)38-26-36(41(5,6)7)28(3)24-34(38)35-25-29(4)37(27-39(35)43)42(8,9)10/h15-22,24-27,40,45H,11-14,23,44H2,1-10H3. The van der Waals surface area contributed by atoms with Gasteiger partial charge in [-0.25, -0.2) is 0 Å². The largest absolute Gasteiger partial charge is 0.385 e. The van der Waals surface area contributed by atoms with Crippen LogP contribution in [0.15, 0.2) is 72.8 Å². The van der Waals surface area contributed by atoms with Gasteiger partial charge in [0.25, 0.3) is 0 Å². The number of nitrogens with one attached hydrogen (secondary N) is 1. The molecule has 0 amide bonds. The summed E-state index contributed by atoms with van der Waals surface area (Å²) in [5.41, 5.74) is 22.2. The Balaban J connectivity index is 1.88. The summed E-state index contributed by atoms with van der Waals surface area (Å²) in [7, 11) is 0. The average Bonchev–Trinajstić information content (AvgIpc) is 3.25. The summed E-state index contributed by atoms with van der Waals surface area (Å²) < 4.78 is 0. The van der Waals surface area contributed by atoms with Gasteiger partial charge in [0.1, 0.15) is 0 Å². The van der Waals surface area contributed by atoms with Crippen molar-refractivity contribution in [3.8, 4) is 11.1 Å². The highest BCUT2D eigenvalue weighted by molar-refractivity contribution is 5.88. The van der Waals surface area contributed by atoms with E-state index < -0.39 is 5.41 Å². The topological polar surface area (TPSA) is 38.0 Å². The summed E-state index contributed by atoms with van der Waals surface area (Å²) >= 11 is 0. The maximum Gasteiger partial charge on any atom is 0.0713 e. The number of unbranched alkanes of at least 4 members (excludes halogenated alkanes) is 1.